The van der Waals surface area contributed by atoms with Crippen molar-refractivity contribution in [2.45, 2.75) is 58.2 Å². The Morgan fingerprint density at radius 1 is 1.38 bits per heavy atom. The highest BCUT2D eigenvalue weighted by Gasteiger charge is 2.51. The molecule has 0 saturated heterocycles. The van der Waals surface area contributed by atoms with Gasteiger partial charge >= 0.3 is 5.97 Å². The summed E-state index contributed by atoms with van der Waals surface area (Å²) < 4.78 is 4.93. The Kier molecular flexibility index (Phi) is 4.19. The van der Waals surface area contributed by atoms with Crippen molar-refractivity contribution in [3.63, 3.8) is 0 Å². The maximum Gasteiger partial charge on any atom is 0.323 e. The van der Waals surface area contributed by atoms with Crippen LogP contribution in [0.4, 0.5) is 0 Å². The van der Waals surface area contributed by atoms with Gasteiger partial charge in [-0.3, -0.25) is 4.79 Å². The number of nitrogens with zero attached hydrogens (tertiary/aromatic N) is 1. The van der Waals surface area contributed by atoms with Crippen LogP contribution in [0.3, 0.4) is 0 Å². The van der Waals surface area contributed by atoms with Crippen LogP contribution in [0.1, 0.15) is 49.9 Å². The minimum Gasteiger partial charge on any atom is -0.465 e. The minimum atomic E-state index is -0.654. The van der Waals surface area contributed by atoms with Crippen LogP contribution in [0.5, 0.6) is 0 Å². The Balaban J connectivity index is 2.25. The Labute approximate surface area is 129 Å². The van der Waals surface area contributed by atoms with Gasteiger partial charge < -0.3 is 10.5 Å². The fourth-order valence-corrected chi connectivity index (χ4v) is 4.35. The maximum absolute atomic E-state index is 12.4. The van der Waals surface area contributed by atoms with Crippen molar-refractivity contribution in [1.82, 2.24) is 5.06 Å². The van der Waals surface area contributed by atoms with E-state index in [1.165, 1.54) is 0 Å². The van der Waals surface area contributed by atoms with Crippen molar-refractivity contribution in [3.8, 4) is 0 Å². The van der Waals surface area contributed by atoms with Gasteiger partial charge in [0.1, 0.15) is 6.04 Å². The van der Waals surface area contributed by atoms with Gasteiger partial charge in [-0.05, 0) is 46.2 Å². The largest absolute Gasteiger partial charge is 0.465 e. The molecule has 1 atom stereocenters. The number of ether oxygens (including phenoxy) is 1. The number of hydroxylamine groups is 2. The molecule has 0 aliphatic carbocycles. The lowest BCUT2D eigenvalue weighted by Crippen LogP contribution is -2.41. The molecule has 5 nitrogen and oxygen atoms in total. The van der Waals surface area contributed by atoms with Gasteiger partial charge in [0.05, 0.1) is 17.7 Å². The van der Waals surface area contributed by atoms with Crippen LogP contribution in [-0.2, 0) is 32.2 Å². The lowest BCUT2D eigenvalue weighted by atomic mass is 9.97. The molecule has 0 saturated carbocycles. The van der Waals surface area contributed by atoms with E-state index in [-0.39, 0.29) is 5.97 Å². The number of hydrogen-bond acceptors (Lipinski definition) is 5. The van der Waals surface area contributed by atoms with E-state index in [0.717, 1.165) is 20.4 Å². The Morgan fingerprint density at radius 3 is 2.52 bits per heavy atom. The first-order valence-corrected chi connectivity index (χ1v) is 7.97. The van der Waals surface area contributed by atoms with E-state index in [2.05, 4.69) is 0 Å². The fraction of sp³-hybridized carbons (Fsp3) is 0.667. The molecule has 1 aliphatic heterocycles. The molecular formula is C15H23N2O3S. The number of carbonyl (C=O) groups excluding carboxylic acids is 1. The number of thiophene rings is 1. The van der Waals surface area contributed by atoms with Crippen LogP contribution in [0.2, 0.25) is 0 Å². The van der Waals surface area contributed by atoms with E-state index in [0.29, 0.717) is 13.0 Å². The first-order valence-electron chi connectivity index (χ1n) is 7.15. The van der Waals surface area contributed by atoms with Gasteiger partial charge in [0, 0.05) is 16.2 Å². The third kappa shape index (κ3) is 2.61. The maximum atomic E-state index is 12.4. The molecule has 2 N–H and O–H groups in total. The molecule has 0 unspecified atom stereocenters. The van der Waals surface area contributed by atoms with Crippen molar-refractivity contribution in [1.29, 1.82) is 0 Å². The van der Waals surface area contributed by atoms with E-state index >= 15 is 0 Å². The first-order chi connectivity index (χ1) is 9.62. The van der Waals surface area contributed by atoms with Gasteiger partial charge in [0.15, 0.2) is 0 Å². The number of rotatable bonds is 4. The first kappa shape index (κ1) is 16.4. The summed E-state index contributed by atoms with van der Waals surface area (Å²) >= 11 is 1.57. The normalized spacial score (nSPS) is 21.1. The van der Waals surface area contributed by atoms with Crippen LogP contribution in [0.15, 0.2) is 6.07 Å². The highest BCUT2D eigenvalue weighted by atomic mass is 32.1. The number of nitrogens with two attached hydrogens (primary N) is 1. The summed E-state index contributed by atoms with van der Waals surface area (Å²) in [5.74, 6) is -0.380. The third-order valence-electron chi connectivity index (χ3n) is 4.02. The fourth-order valence-electron chi connectivity index (χ4n) is 2.90. The molecule has 0 bridgehead atoms. The topological polar surface area (TPSA) is 75.5 Å². The molecule has 0 aromatic carbocycles. The molecule has 1 aromatic rings. The quantitative estimate of drug-likeness (QED) is 0.866. The Morgan fingerprint density at radius 2 is 2.00 bits per heavy atom. The van der Waals surface area contributed by atoms with Gasteiger partial charge in [-0.25, -0.2) is 0 Å². The molecule has 6 heteroatoms. The van der Waals surface area contributed by atoms with Crippen LogP contribution >= 0.6 is 11.3 Å². The zero-order chi connectivity index (χ0) is 16.0. The van der Waals surface area contributed by atoms with E-state index in [4.69, 9.17) is 10.5 Å². The predicted octanol–water partition coefficient (Wildman–Crippen LogP) is 2.31. The Bertz CT molecular complexity index is 518. The highest BCUT2D eigenvalue weighted by molar-refractivity contribution is 7.12. The van der Waals surface area contributed by atoms with E-state index < -0.39 is 17.1 Å². The summed E-state index contributed by atoms with van der Waals surface area (Å²) in [6.45, 7) is 9.81. The number of esters is 1. The van der Waals surface area contributed by atoms with Crippen molar-refractivity contribution in [2.24, 2.45) is 5.73 Å². The van der Waals surface area contributed by atoms with Crippen LogP contribution in [0.25, 0.3) is 0 Å². The van der Waals surface area contributed by atoms with Crippen molar-refractivity contribution < 1.29 is 14.7 Å². The smallest absolute Gasteiger partial charge is 0.323 e. The Hall–Kier alpha value is -0.950. The summed E-state index contributed by atoms with van der Waals surface area (Å²) in [5, 5.41) is 13.6. The molecule has 2 rings (SSSR count). The summed E-state index contributed by atoms with van der Waals surface area (Å²) in [4.78, 5) is 13.7. The molecule has 1 aliphatic rings. The van der Waals surface area contributed by atoms with Crippen molar-refractivity contribution in [2.75, 3.05) is 6.61 Å². The van der Waals surface area contributed by atoms with Crippen LogP contribution in [0, 0.1) is 0 Å². The number of carbonyl (C=O) groups is 1. The number of hydrogen-bond donors (Lipinski definition) is 1. The standard InChI is InChI=1S/C15H23N2O3S/c1-6-20-13(18)11(16)8-9-7-10-12(21-9)15(4,5)17(19)14(10,2)3/h7,11H,6,8,16H2,1-5H3/t11-/m1/s1. The minimum absolute atomic E-state index is 0.332. The van der Waals surface area contributed by atoms with Crippen LogP contribution in [-0.4, -0.2) is 23.7 Å². The molecule has 21 heavy (non-hydrogen) atoms. The van der Waals surface area contributed by atoms with Gasteiger partial charge in [-0.15, -0.1) is 21.6 Å². The van der Waals surface area contributed by atoms with Gasteiger partial charge in [0.2, 0.25) is 0 Å². The van der Waals surface area contributed by atoms with Gasteiger partial charge in [0.25, 0.3) is 0 Å². The monoisotopic (exact) mass is 311 g/mol. The summed E-state index contributed by atoms with van der Waals surface area (Å²) in [6, 6.07) is 1.36. The zero-order valence-electron chi connectivity index (χ0n) is 13.2. The third-order valence-corrected chi connectivity index (χ3v) is 5.49. The van der Waals surface area contributed by atoms with E-state index in [1.54, 1.807) is 18.3 Å². The van der Waals surface area contributed by atoms with Crippen molar-refractivity contribution in [3.05, 3.63) is 21.4 Å². The highest BCUT2D eigenvalue weighted by Crippen LogP contribution is 2.51. The zero-order valence-corrected chi connectivity index (χ0v) is 14.0. The van der Waals surface area contributed by atoms with Crippen LogP contribution < -0.4 is 5.73 Å². The second-order valence-corrected chi connectivity index (χ2v) is 7.57. The van der Waals surface area contributed by atoms with Gasteiger partial charge in [-0.2, -0.15) is 0 Å². The molecule has 0 spiro atoms. The molecular weight excluding hydrogens is 288 g/mol. The lowest BCUT2D eigenvalue weighted by molar-refractivity contribution is -0.265. The predicted molar refractivity (Wildman–Crippen MR) is 81.2 cm³/mol. The summed E-state index contributed by atoms with van der Waals surface area (Å²) in [5.41, 5.74) is 5.82. The molecule has 1 aromatic heterocycles. The second kappa shape index (κ2) is 5.35. The SMILES string of the molecule is CCOC(=O)[C@H](N)Cc1cc2c(s1)C(C)(C)N([O])C2(C)C. The average Bonchev–Trinajstić information content (AvgIpc) is 2.87. The van der Waals surface area contributed by atoms with Crippen molar-refractivity contribution >= 4 is 17.3 Å². The molecule has 117 valence electrons. The molecule has 1 radical (unpaired) electrons. The molecule has 0 fully saturated rings. The summed E-state index contributed by atoms with van der Waals surface area (Å²) in [6.07, 6.45) is 0.446. The second-order valence-electron chi connectivity index (χ2n) is 6.43. The van der Waals surface area contributed by atoms with E-state index in [1.807, 2.05) is 33.8 Å². The summed E-state index contributed by atoms with van der Waals surface area (Å²) in [7, 11) is 0. The van der Waals surface area contributed by atoms with Gasteiger partial charge in [-0.1, -0.05) is 0 Å². The average molecular weight is 311 g/mol. The number of fused-ring (bicyclic) bond motifs is 1. The van der Waals surface area contributed by atoms with E-state index in [9.17, 15) is 10.0 Å². The molecule has 0 amide bonds. The molecule has 2 heterocycles. The lowest BCUT2D eigenvalue weighted by Gasteiger charge is -2.32.